The van der Waals surface area contributed by atoms with Gasteiger partial charge in [-0.2, -0.15) is 0 Å². The van der Waals surface area contributed by atoms with Crippen LogP contribution >= 0.6 is 23.2 Å². The summed E-state index contributed by atoms with van der Waals surface area (Å²) >= 11 is 12.3. The molecular formula is C19H16Cl2N4O. The zero-order valence-corrected chi connectivity index (χ0v) is 15.8. The first-order valence-corrected chi connectivity index (χ1v) is 8.91. The van der Waals surface area contributed by atoms with Gasteiger partial charge >= 0.3 is 0 Å². The normalized spacial score (nSPS) is 19.1. The Hall–Kier alpha value is -2.37. The third-order valence-corrected chi connectivity index (χ3v) is 5.14. The average Bonchev–Trinajstić information content (AvgIpc) is 3.12. The third-order valence-electron chi connectivity index (χ3n) is 4.70. The number of hydrogen-bond acceptors (Lipinski definition) is 3. The number of amides is 1. The van der Waals surface area contributed by atoms with Crippen LogP contribution in [0.2, 0.25) is 10.0 Å². The van der Waals surface area contributed by atoms with Crippen LogP contribution < -0.4 is 4.90 Å². The van der Waals surface area contributed by atoms with Crippen LogP contribution in [0, 0.1) is 6.92 Å². The highest BCUT2D eigenvalue weighted by atomic mass is 35.5. The molecule has 0 saturated carbocycles. The number of aromatic nitrogens is 3. The Morgan fingerprint density at radius 2 is 1.73 bits per heavy atom. The zero-order chi connectivity index (χ0) is 18.5. The van der Waals surface area contributed by atoms with Crippen molar-refractivity contribution in [3.05, 3.63) is 70.0 Å². The molecule has 0 radical (unpaired) electrons. The predicted molar refractivity (Wildman–Crippen MR) is 102 cm³/mol. The van der Waals surface area contributed by atoms with E-state index < -0.39 is 5.54 Å². The van der Waals surface area contributed by atoms with E-state index in [1.54, 1.807) is 24.5 Å². The maximum Gasteiger partial charge on any atom is 0.260 e. The predicted octanol–water partition coefficient (Wildman–Crippen LogP) is 4.53. The quantitative estimate of drug-likeness (QED) is 0.664. The van der Waals surface area contributed by atoms with Crippen LogP contribution in [0.3, 0.4) is 0 Å². The SMILES string of the molecule is Cc1ccc(C[C@]2(C)C(=O)N(c3cc(Cl)cc(Cl)c3)c3nncn32)cc1. The number of aryl methyl sites for hydroxylation is 1. The second-order valence-electron chi connectivity index (χ2n) is 6.71. The van der Waals surface area contributed by atoms with Crippen molar-refractivity contribution in [1.82, 2.24) is 14.8 Å². The van der Waals surface area contributed by atoms with E-state index in [4.69, 9.17) is 23.2 Å². The van der Waals surface area contributed by atoms with E-state index >= 15 is 0 Å². The van der Waals surface area contributed by atoms with Gasteiger partial charge in [0, 0.05) is 16.5 Å². The summed E-state index contributed by atoms with van der Waals surface area (Å²) < 4.78 is 1.81. The number of nitrogens with zero attached hydrogens (tertiary/aromatic N) is 4. The molecule has 0 unspecified atom stereocenters. The van der Waals surface area contributed by atoms with Gasteiger partial charge in [-0.3, -0.25) is 9.36 Å². The Morgan fingerprint density at radius 1 is 1.08 bits per heavy atom. The van der Waals surface area contributed by atoms with Crippen molar-refractivity contribution in [1.29, 1.82) is 0 Å². The van der Waals surface area contributed by atoms with Crippen LogP contribution in [0.5, 0.6) is 0 Å². The molecule has 26 heavy (non-hydrogen) atoms. The summed E-state index contributed by atoms with van der Waals surface area (Å²) in [7, 11) is 0. The molecule has 0 bridgehead atoms. The molecule has 1 aromatic heterocycles. The van der Waals surface area contributed by atoms with Gasteiger partial charge in [0.05, 0.1) is 5.69 Å². The van der Waals surface area contributed by atoms with Gasteiger partial charge in [0.15, 0.2) is 0 Å². The van der Waals surface area contributed by atoms with Gasteiger partial charge in [0.25, 0.3) is 5.91 Å². The topological polar surface area (TPSA) is 51.0 Å². The lowest BCUT2D eigenvalue weighted by Crippen LogP contribution is -2.40. The Labute approximate surface area is 161 Å². The van der Waals surface area contributed by atoms with Crippen LogP contribution in [-0.2, 0) is 16.8 Å². The van der Waals surface area contributed by atoms with E-state index in [9.17, 15) is 4.79 Å². The molecule has 7 heteroatoms. The summed E-state index contributed by atoms with van der Waals surface area (Å²) in [5.74, 6) is 0.365. The molecule has 1 amide bonds. The van der Waals surface area contributed by atoms with Crippen LogP contribution in [0.4, 0.5) is 11.6 Å². The van der Waals surface area contributed by atoms with E-state index in [1.165, 1.54) is 10.5 Å². The summed E-state index contributed by atoms with van der Waals surface area (Å²) in [4.78, 5) is 14.9. The summed E-state index contributed by atoms with van der Waals surface area (Å²) in [5, 5.41) is 9.06. The molecule has 1 atom stereocenters. The van der Waals surface area contributed by atoms with Crippen molar-refractivity contribution in [2.45, 2.75) is 25.8 Å². The number of carbonyl (C=O) groups is 1. The van der Waals surface area contributed by atoms with E-state index in [0.29, 0.717) is 28.1 Å². The monoisotopic (exact) mass is 386 g/mol. The van der Waals surface area contributed by atoms with Gasteiger partial charge in [-0.15, -0.1) is 10.2 Å². The Morgan fingerprint density at radius 3 is 2.38 bits per heavy atom. The second kappa shape index (κ2) is 6.11. The minimum Gasteiger partial charge on any atom is -0.284 e. The molecule has 0 N–H and O–H groups in total. The van der Waals surface area contributed by atoms with Gasteiger partial charge < -0.3 is 0 Å². The molecule has 132 valence electrons. The first-order chi connectivity index (χ1) is 12.4. The minimum absolute atomic E-state index is 0.0960. The number of benzene rings is 2. The second-order valence-corrected chi connectivity index (χ2v) is 7.58. The van der Waals surface area contributed by atoms with E-state index in [1.807, 2.05) is 42.7 Å². The lowest BCUT2D eigenvalue weighted by atomic mass is 9.91. The van der Waals surface area contributed by atoms with Crippen molar-refractivity contribution in [3.63, 3.8) is 0 Å². The molecule has 0 aliphatic carbocycles. The number of halogens is 2. The van der Waals surface area contributed by atoms with Gasteiger partial charge in [-0.1, -0.05) is 53.0 Å². The van der Waals surface area contributed by atoms with Gasteiger partial charge in [-0.05, 0) is 37.6 Å². The minimum atomic E-state index is -0.830. The molecule has 2 heterocycles. The fourth-order valence-corrected chi connectivity index (χ4v) is 3.84. The molecule has 4 rings (SSSR count). The first-order valence-electron chi connectivity index (χ1n) is 8.15. The fraction of sp³-hybridized carbons (Fsp3) is 0.211. The van der Waals surface area contributed by atoms with Crippen molar-refractivity contribution >= 4 is 40.7 Å². The van der Waals surface area contributed by atoms with Crippen LogP contribution in [-0.4, -0.2) is 20.7 Å². The van der Waals surface area contributed by atoms with Crippen molar-refractivity contribution < 1.29 is 4.79 Å². The molecule has 1 aliphatic rings. The van der Waals surface area contributed by atoms with Gasteiger partial charge in [0.2, 0.25) is 5.95 Å². The smallest absolute Gasteiger partial charge is 0.260 e. The maximum atomic E-state index is 13.4. The molecule has 0 fully saturated rings. The van der Waals surface area contributed by atoms with Gasteiger partial charge in [-0.25, -0.2) is 4.90 Å². The molecule has 0 spiro atoms. The Kier molecular flexibility index (Phi) is 4.01. The van der Waals surface area contributed by atoms with E-state index in [0.717, 1.165) is 5.56 Å². The maximum absolute atomic E-state index is 13.4. The average molecular weight is 387 g/mol. The van der Waals surface area contributed by atoms with Crippen LogP contribution in [0.15, 0.2) is 48.8 Å². The summed E-state index contributed by atoms with van der Waals surface area (Å²) in [6, 6.07) is 13.2. The summed E-state index contributed by atoms with van der Waals surface area (Å²) in [6.45, 7) is 3.93. The summed E-state index contributed by atoms with van der Waals surface area (Å²) in [6.07, 6.45) is 2.12. The molecular weight excluding hydrogens is 371 g/mol. The number of hydrogen-bond donors (Lipinski definition) is 0. The van der Waals surface area contributed by atoms with E-state index in [-0.39, 0.29) is 5.91 Å². The first kappa shape index (κ1) is 17.1. The van der Waals surface area contributed by atoms with Gasteiger partial charge in [0.1, 0.15) is 11.9 Å². The highest BCUT2D eigenvalue weighted by Gasteiger charge is 2.49. The lowest BCUT2D eigenvalue weighted by Gasteiger charge is -2.25. The molecule has 5 nitrogen and oxygen atoms in total. The Balaban J connectivity index is 1.79. The number of anilines is 2. The third kappa shape index (κ3) is 2.68. The van der Waals surface area contributed by atoms with Crippen molar-refractivity contribution in [2.75, 3.05) is 4.90 Å². The van der Waals surface area contributed by atoms with Crippen LogP contribution in [0.1, 0.15) is 18.1 Å². The lowest BCUT2D eigenvalue weighted by molar-refractivity contribution is -0.123. The van der Waals surface area contributed by atoms with E-state index in [2.05, 4.69) is 10.2 Å². The highest BCUT2D eigenvalue weighted by Crippen LogP contribution is 2.41. The number of rotatable bonds is 3. The highest BCUT2D eigenvalue weighted by molar-refractivity contribution is 6.35. The molecule has 2 aromatic carbocycles. The Bertz CT molecular complexity index is 979. The summed E-state index contributed by atoms with van der Waals surface area (Å²) in [5.41, 5.74) is 1.99. The fourth-order valence-electron chi connectivity index (χ4n) is 3.33. The molecule has 3 aromatic rings. The standard InChI is InChI=1S/C19H16Cl2N4O/c1-12-3-5-13(6-4-12)10-19(2)17(26)25(18-23-22-11-24(18)19)16-8-14(20)7-15(21)9-16/h3-9,11H,10H2,1-2H3/t19-/m1/s1. The zero-order valence-electron chi connectivity index (χ0n) is 14.3. The molecule has 1 aliphatic heterocycles. The van der Waals surface area contributed by atoms with Crippen molar-refractivity contribution in [2.24, 2.45) is 0 Å². The largest absolute Gasteiger partial charge is 0.284 e. The molecule has 0 saturated heterocycles. The van der Waals surface area contributed by atoms with Crippen molar-refractivity contribution in [3.8, 4) is 0 Å². The number of carbonyl (C=O) groups excluding carboxylic acids is 1. The van der Waals surface area contributed by atoms with Crippen LogP contribution in [0.25, 0.3) is 0 Å². The number of fused-ring (bicyclic) bond motifs is 1.